The molecule has 3 N–H and O–H groups in total. The highest BCUT2D eigenvalue weighted by atomic mass is 16.1. The monoisotopic (exact) mass is 269 g/mol. The highest BCUT2D eigenvalue weighted by Crippen LogP contribution is 2.33. The summed E-state index contributed by atoms with van der Waals surface area (Å²) in [5, 5.41) is 3.41. The topological polar surface area (TPSA) is 58.4 Å². The molecular formula is C15H31N3O. The van der Waals surface area contributed by atoms with Crippen LogP contribution in [0.1, 0.15) is 53.4 Å². The van der Waals surface area contributed by atoms with Gasteiger partial charge in [0.05, 0.1) is 5.54 Å². The van der Waals surface area contributed by atoms with Crippen LogP contribution in [0.3, 0.4) is 0 Å². The van der Waals surface area contributed by atoms with Crippen molar-refractivity contribution in [1.29, 1.82) is 0 Å². The van der Waals surface area contributed by atoms with Gasteiger partial charge in [0.15, 0.2) is 0 Å². The summed E-state index contributed by atoms with van der Waals surface area (Å²) in [6, 6.07) is 0.749. The zero-order valence-electron chi connectivity index (χ0n) is 13.2. The van der Waals surface area contributed by atoms with Crippen LogP contribution in [0.4, 0.5) is 0 Å². The van der Waals surface area contributed by atoms with E-state index in [1.165, 1.54) is 6.42 Å². The van der Waals surface area contributed by atoms with E-state index in [0.29, 0.717) is 12.0 Å². The van der Waals surface area contributed by atoms with Crippen molar-refractivity contribution in [2.45, 2.75) is 71.0 Å². The molecule has 4 heteroatoms. The highest BCUT2D eigenvalue weighted by molar-refractivity contribution is 5.85. The van der Waals surface area contributed by atoms with Crippen molar-refractivity contribution >= 4 is 5.91 Å². The SMILES string of the molecule is CCC(C)CN(C)C1CCC(NC(C)C)(C(N)=O)C1. The minimum Gasteiger partial charge on any atom is -0.368 e. The summed E-state index contributed by atoms with van der Waals surface area (Å²) in [6.07, 6.45) is 3.95. The summed E-state index contributed by atoms with van der Waals surface area (Å²) >= 11 is 0. The standard InChI is InChI=1S/C15H31N3O/c1-6-12(4)10-18(5)13-7-8-15(9-13,14(16)19)17-11(2)3/h11-13,17H,6-10H2,1-5H3,(H2,16,19). The zero-order valence-corrected chi connectivity index (χ0v) is 13.2. The Labute approximate surface area is 118 Å². The molecule has 0 aromatic heterocycles. The van der Waals surface area contributed by atoms with Crippen LogP contribution in [-0.2, 0) is 4.79 Å². The molecule has 19 heavy (non-hydrogen) atoms. The van der Waals surface area contributed by atoms with Crippen molar-refractivity contribution < 1.29 is 4.79 Å². The van der Waals surface area contributed by atoms with Crippen LogP contribution in [0.5, 0.6) is 0 Å². The second kappa shape index (κ2) is 6.71. The molecule has 1 aliphatic carbocycles. The van der Waals surface area contributed by atoms with E-state index >= 15 is 0 Å². The van der Waals surface area contributed by atoms with E-state index in [9.17, 15) is 4.79 Å². The number of hydrogen-bond acceptors (Lipinski definition) is 3. The van der Waals surface area contributed by atoms with Crippen LogP contribution >= 0.6 is 0 Å². The molecule has 0 aromatic rings. The molecule has 0 aromatic carbocycles. The molecule has 0 heterocycles. The minimum atomic E-state index is -0.497. The Hall–Kier alpha value is -0.610. The lowest BCUT2D eigenvalue weighted by molar-refractivity contribution is -0.124. The predicted molar refractivity (Wildman–Crippen MR) is 79.9 cm³/mol. The number of primary amides is 1. The first-order valence-corrected chi connectivity index (χ1v) is 7.58. The van der Waals surface area contributed by atoms with Gasteiger partial charge >= 0.3 is 0 Å². The fourth-order valence-corrected chi connectivity index (χ4v) is 3.14. The summed E-state index contributed by atoms with van der Waals surface area (Å²) < 4.78 is 0. The molecule has 1 saturated carbocycles. The second-order valence-electron chi connectivity index (χ2n) is 6.60. The van der Waals surface area contributed by atoms with Crippen molar-refractivity contribution in [2.24, 2.45) is 11.7 Å². The van der Waals surface area contributed by atoms with Gasteiger partial charge in [-0.3, -0.25) is 4.79 Å². The third-order valence-electron chi connectivity index (χ3n) is 4.44. The maximum atomic E-state index is 11.8. The molecule has 4 nitrogen and oxygen atoms in total. The van der Waals surface area contributed by atoms with Crippen molar-refractivity contribution in [1.82, 2.24) is 10.2 Å². The van der Waals surface area contributed by atoms with Gasteiger partial charge in [0.2, 0.25) is 5.91 Å². The third kappa shape index (κ3) is 4.18. The van der Waals surface area contributed by atoms with Gasteiger partial charge in [0.25, 0.3) is 0 Å². The van der Waals surface area contributed by atoms with E-state index in [4.69, 9.17) is 5.73 Å². The van der Waals surface area contributed by atoms with Crippen LogP contribution in [0.15, 0.2) is 0 Å². The van der Waals surface area contributed by atoms with Gasteiger partial charge in [-0.05, 0) is 46.1 Å². The second-order valence-corrected chi connectivity index (χ2v) is 6.60. The predicted octanol–water partition coefficient (Wildman–Crippen LogP) is 1.74. The summed E-state index contributed by atoms with van der Waals surface area (Å²) in [6.45, 7) is 9.74. The molecule has 0 radical (unpaired) electrons. The Bertz CT molecular complexity index is 306. The van der Waals surface area contributed by atoms with Crippen LogP contribution in [0, 0.1) is 5.92 Å². The number of carbonyl (C=O) groups is 1. The summed E-state index contributed by atoms with van der Waals surface area (Å²) in [5.74, 6) is 0.507. The van der Waals surface area contributed by atoms with Gasteiger partial charge in [0.1, 0.15) is 0 Å². The van der Waals surface area contributed by atoms with E-state index in [2.05, 4.69) is 45.0 Å². The normalized spacial score (nSPS) is 29.1. The maximum absolute atomic E-state index is 11.8. The Morgan fingerprint density at radius 3 is 2.58 bits per heavy atom. The van der Waals surface area contributed by atoms with Gasteiger partial charge in [0, 0.05) is 18.6 Å². The van der Waals surface area contributed by atoms with Crippen molar-refractivity contribution in [3.63, 3.8) is 0 Å². The Morgan fingerprint density at radius 1 is 1.47 bits per heavy atom. The van der Waals surface area contributed by atoms with Crippen LogP contribution in [-0.4, -0.2) is 42.0 Å². The van der Waals surface area contributed by atoms with E-state index < -0.39 is 5.54 Å². The molecule has 0 aliphatic heterocycles. The lowest BCUT2D eigenvalue weighted by atomic mass is 9.95. The molecule has 1 rings (SSSR count). The number of carbonyl (C=O) groups excluding carboxylic acids is 1. The highest BCUT2D eigenvalue weighted by Gasteiger charge is 2.45. The average Bonchev–Trinajstić information content (AvgIpc) is 2.73. The fourth-order valence-electron chi connectivity index (χ4n) is 3.14. The quantitative estimate of drug-likeness (QED) is 0.740. The first-order valence-electron chi connectivity index (χ1n) is 7.58. The third-order valence-corrected chi connectivity index (χ3v) is 4.44. The largest absolute Gasteiger partial charge is 0.368 e. The lowest BCUT2D eigenvalue weighted by Crippen LogP contribution is -2.56. The Balaban J connectivity index is 2.65. The van der Waals surface area contributed by atoms with Gasteiger partial charge in [-0.1, -0.05) is 20.3 Å². The van der Waals surface area contributed by atoms with Gasteiger partial charge in [-0.2, -0.15) is 0 Å². The molecule has 3 unspecified atom stereocenters. The number of nitrogens with two attached hydrogens (primary N) is 1. The minimum absolute atomic E-state index is 0.194. The molecular weight excluding hydrogens is 238 g/mol. The van der Waals surface area contributed by atoms with Crippen molar-refractivity contribution in [2.75, 3.05) is 13.6 Å². The van der Waals surface area contributed by atoms with Gasteiger partial charge in [-0.15, -0.1) is 0 Å². The van der Waals surface area contributed by atoms with E-state index in [0.717, 1.165) is 25.8 Å². The molecule has 0 bridgehead atoms. The van der Waals surface area contributed by atoms with Gasteiger partial charge < -0.3 is 16.0 Å². The first-order chi connectivity index (χ1) is 8.80. The van der Waals surface area contributed by atoms with Crippen LogP contribution in [0.2, 0.25) is 0 Å². The van der Waals surface area contributed by atoms with Crippen molar-refractivity contribution in [3.05, 3.63) is 0 Å². The van der Waals surface area contributed by atoms with E-state index in [1.54, 1.807) is 0 Å². The van der Waals surface area contributed by atoms with Crippen LogP contribution in [0.25, 0.3) is 0 Å². The number of nitrogens with one attached hydrogen (secondary N) is 1. The fraction of sp³-hybridized carbons (Fsp3) is 0.933. The van der Waals surface area contributed by atoms with E-state index in [-0.39, 0.29) is 11.9 Å². The Morgan fingerprint density at radius 2 is 2.11 bits per heavy atom. The smallest absolute Gasteiger partial charge is 0.237 e. The zero-order chi connectivity index (χ0) is 14.6. The number of hydrogen-bond donors (Lipinski definition) is 2. The maximum Gasteiger partial charge on any atom is 0.237 e. The molecule has 1 amide bonds. The molecule has 3 atom stereocenters. The number of nitrogens with zero attached hydrogens (tertiary/aromatic N) is 1. The molecule has 0 spiro atoms. The molecule has 112 valence electrons. The summed E-state index contributed by atoms with van der Waals surface area (Å²) in [5.41, 5.74) is 5.15. The Kier molecular flexibility index (Phi) is 5.81. The summed E-state index contributed by atoms with van der Waals surface area (Å²) in [4.78, 5) is 14.3. The van der Waals surface area contributed by atoms with E-state index in [1.807, 2.05) is 0 Å². The molecule has 1 aliphatic rings. The van der Waals surface area contributed by atoms with Crippen LogP contribution < -0.4 is 11.1 Å². The molecule has 0 saturated heterocycles. The average molecular weight is 269 g/mol. The number of amides is 1. The first kappa shape index (κ1) is 16.4. The van der Waals surface area contributed by atoms with Gasteiger partial charge in [-0.25, -0.2) is 0 Å². The summed E-state index contributed by atoms with van der Waals surface area (Å²) in [7, 11) is 2.17. The molecule has 1 fully saturated rings. The lowest BCUT2D eigenvalue weighted by Gasteiger charge is -2.32. The number of rotatable bonds is 7. The van der Waals surface area contributed by atoms with Crippen molar-refractivity contribution in [3.8, 4) is 0 Å².